The summed E-state index contributed by atoms with van der Waals surface area (Å²) < 4.78 is 0. The van der Waals surface area contributed by atoms with Crippen molar-refractivity contribution in [2.24, 2.45) is 5.92 Å². The molecule has 1 atom stereocenters. The highest BCUT2D eigenvalue weighted by Crippen LogP contribution is 2.29. The SMILES string of the molecule is CCC/C(C)=C/C(=O)NC(C(=O)N1CCCC1)C1CCCC1. The quantitative estimate of drug-likeness (QED) is 0.767. The van der Waals surface area contributed by atoms with Crippen LogP contribution in [0.25, 0.3) is 0 Å². The standard InChI is InChI=1S/C18H30N2O2/c1-3-8-14(2)13-16(21)19-17(15-9-4-5-10-15)18(22)20-11-6-7-12-20/h13,15,17H,3-12H2,1-2H3,(H,19,21)/b14-13+. The number of allylic oxidation sites excluding steroid dienone is 1. The fourth-order valence-electron chi connectivity index (χ4n) is 3.69. The maximum Gasteiger partial charge on any atom is 0.245 e. The Labute approximate surface area is 134 Å². The molecule has 1 saturated carbocycles. The van der Waals surface area contributed by atoms with E-state index in [1.165, 1.54) is 12.8 Å². The van der Waals surface area contributed by atoms with Gasteiger partial charge in [-0.1, -0.05) is 31.8 Å². The molecule has 4 heteroatoms. The molecule has 1 aliphatic carbocycles. The lowest BCUT2D eigenvalue weighted by Gasteiger charge is -2.28. The zero-order valence-electron chi connectivity index (χ0n) is 14.1. The summed E-state index contributed by atoms with van der Waals surface area (Å²) in [4.78, 5) is 27.0. The van der Waals surface area contributed by atoms with Gasteiger partial charge in [-0.05, 0) is 44.9 Å². The van der Waals surface area contributed by atoms with E-state index in [1.54, 1.807) is 6.08 Å². The van der Waals surface area contributed by atoms with E-state index in [9.17, 15) is 9.59 Å². The molecule has 1 unspecified atom stereocenters. The molecule has 0 radical (unpaired) electrons. The highest BCUT2D eigenvalue weighted by molar-refractivity contribution is 5.93. The van der Waals surface area contributed by atoms with Crippen LogP contribution in [0.3, 0.4) is 0 Å². The summed E-state index contributed by atoms with van der Waals surface area (Å²) >= 11 is 0. The molecule has 0 aromatic rings. The smallest absolute Gasteiger partial charge is 0.245 e. The molecule has 0 bridgehead atoms. The summed E-state index contributed by atoms with van der Waals surface area (Å²) in [5.41, 5.74) is 1.08. The molecule has 2 fully saturated rings. The van der Waals surface area contributed by atoms with Gasteiger partial charge in [-0.2, -0.15) is 0 Å². The normalized spacial score (nSPS) is 21.2. The maximum absolute atomic E-state index is 12.8. The Kier molecular flexibility index (Phi) is 6.47. The summed E-state index contributed by atoms with van der Waals surface area (Å²) in [5, 5.41) is 3.02. The first kappa shape index (κ1) is 17.0. The Bertz CT molecular complexity index is 419. The zero-order valence-corrected chi connectivity index (χ0v) is 14.1. The van der Waals surface area contributed by atoms with Gasteiger partial charge >= 0.3 is 0 Å². The van der Waals surface area contributed by atoms with E-state index in [2.05, 4.69) is 12.2 Å². The van der Waals surface area contributed by atoms with Crippen LogP contribution in [0.15, 0.2) is 11.6 Å². The molecule has 1 heterocycles. The lowest BCUT2D eigenvalue weighted by molar-refractivity contribution is -0.136. The maximum atomic E-state index is 12.8. The van der Waals surface area contributed by atoms with Gasteiger partial charge in [0.1, 0.15) is 6.04 Å². The number of amides is 2. The third-order valence-corrected chi connectivity index (χ3v) is 4.87. The lowest BCUT2D eigenvalue weighted by Crippen LogP contribution is -2.50. The van der Waals surface area contributed by atoms with E-state index in [-0.39, 0.29) is 17.9 Å². The van der Waals surface area contributed by atoms with Crippen LogP contribution in [-0.2, 0) is 9.59 Å². The number of hydrogen-bond acceptors (Lipinski definition) is 2. The van der Waals surface area contributed by atoms with Crippen molar-refractivity contribution in [3.05, 3.63) is 11.6 Å². The molecule has 0 aromatic carbocycles. The van der Waals surface area contributed by atoms with E-state index < -0.39 is 0 Å². The van der Waals surface area contributed by atoms with Crippen molar-refractivity contribution in [2.45, 2.75) is 71.3 Å². The Morgan fingerprint density at radius 1 is 1.18 bits per heavy atom. The number of nitrogens with one attached hydrogen (secondary N) is 1. The van der Waals surface area contributed by atoms with Crippen LogP contribution in [0.1, 0.15) is 65.2 Å². The van der Waals surface area contributed by atoms with E-state index >= 15 is 0 Å². The van der Waals surface area contributed by atoms with Gasteiger partial charge in [-0.3, -0.25) is 9.59 Å². The van der Waals surface area contributed by atoms with Gasteiger partial charge in [0.2, 0.25) is 11.8 Å². The molecule has 22 heavy (non-hydrogen) atoms. The fourth-order valence-corrected chi connectivity index (χ4v) is 3.69. The van der Waals surface area contributed by atoms with Crippen molar-refractivity contribution in [3.63, 3.8) is 0 Å². The predicted molar refractivity (Wildman–Crippen MR) is 88.4 cm³/mol. The Balaban J connectivity index is 2.02. The third-order valence-electron chi connectivity index (χ3n) is 4.87. The van der Waals surface area contributed by atoms with Crippen LogP contribution < -0.4 is 5.32 Å². The average molecular weight is 306 g/mol. The molecule has 2 aliphatic rings. The first-order chi connectivity index (χ1) is 10.6. The number of likely N-dealkylation sites (tertiary alicyclic amines) is 1. The molecular weight excluding hydrogens is 276 g/mol. The summed E-state index contributed by atoms with van der Waals surface area (Å²) in [6.45, 7) is 5.79. The van der Waals surface area contributed by atoms with Crippen molar-refractivity contribution in [3.8, 4) is 0 Å². The molecule has 4 nitrogen and oxygen atoms in total. The minimum absolute atomic E-state index is 0.101. The Morgan fingerprint density at radius 2 is 1.82 bits per heavy atom. The first-order valence-electron chi connectivity index (χ1n) is 8.88. The van der Waals surface area contributed by atoms with Gasteiger partial charge in [-0.15, -0.1) is 0 Å². The molecule has 1 aliphatic heterocycles. The number of nitrogens with zero attached hydrogens (tertiary/aromatic N) is 1. The van der Waals surface area contributed by atoms with Gasteiger partial charge in [-0.25, -0.2) is 0 Å². The second kappa shape index (κ2) is 8.35. The largest absolute Gasteiger partial charge is 0.341 e. The van der Waals surface area contributed by atoms with Gasteiger partial charge in [0.05, 0.1) is 0 Å². The summed E-state index contributed by atoms with van der Waals surface area (Å²) in [6, 6.07) is -0.321. The van der Waals surface area contributed by atoms with Crippen LogP contribution >= 0.6 is 0 Å². The van der Waals surface area contributed by atoms with Crippen LogP contribution in [0, 0.1) is 5.92 Å². The zero-order chi connectivity index (χ0) is 15.9. The van der Waals surface area contributed by atoms with E-state index in [0.717, 1.165) is 57.2 Å². The molecule has 1 saturated heterocycles. The van der Waals surface area contributed by atoms with Crippen molar-refractivity contribution in [1.29, 1.82) is 0 Å². The fraction of sp³-hybridized carbons (Fsp3) is 0.778. The topological polar surface area (TPSA) is 49.4 Å². The van der Waals surface area contributed by atoms with Crippen molar-refractivity contribution in [2.75, 3.05) is 13.1 Å². The number of hydrogen-bond donors (Lipinski definition) is 1. The van der Waals surface area contributed by atoms with E-state index in [4.69, 9.17) is 0 Å². The minimum atomic E-state index is -0.321. The van der Waals surface area contributed by atoms with Crippen molar-refractivity contribution < 1.29 is 9.59 Å². The van der Waals surface area contributed by atoms with Crippen LogP contribution in [-0.4, -0.2) is 35.8 Å². The monoisotopic (exact) mass is 306 g/mol. The third kappa shape index (κ3) is 4.59. The predicted octanol–water partition coefficient (Wildman–Crippen LogP) is 3.03. The first-order valence-corrected chi connectivity index (χ1v) is 8.88. The second-order valence-electron chi connectivity index (χ2n) is 6.80. The molecule has 0 aromatic heterocycles. The molecule has 2 rings (SSSR count). The Morgan fingerprint density at radius 3 is 2.41 bits per heavy atom. The molecule has 1 N–H and O–H groups in total. The summed E-state index contributed by atoms with van der Waals surface area (Å²) in [6.07, 6.45) is 10.3. The van der Waals surface area contributed by atoms with Crippen LogP contribution in [0.2, 0.25) is 0 Å². The average Bonchev–Trinajstić information content (AvgIpc) is 3.17. The van der Waals surface area contributed by atoms with Gasteiger partial charge in [0.25, 0.3) is 0 Å². The van der Waals surface area contributed by atoms with Gasteiger partial charge < -0.3 is 10.2 Å². The van der Waals surface area contributed by atoms with Crippen LogP contribution in [0.4, 0.5) is 0 Å². The molecular formula is C18H30N2O2. The summed E-state index contributed by atoms with van der Waals surface area (Å²) in [5.74, 6) is 0.353. The molecule has 124 valence electrons. The number of carbonyl (C=O) groups excluding carboxylic acids is 2. The van der Waals surface area contributed by atoms with E-state index in [0.29, 0.717) is 5.92 Å². The number of rotatable bonds is 6. The highest BCUT2D eigenvalue weighted by Gasteiger charge is 2.35. The highest BCUT2D eigenvalue weighted by atomic mass is 16.2. The van der Waals surface area contributed by atoms with Gasteiger partial charge in [0, 0.05) is 19.2 Å². The van der Waals surface area contributed by atoms with Crippen molar-refractivity contribution >= 4 is 11.8 Å². The second-order valence-corrected chi connectivity index (χ2v) is 6.80. The molecule has 0 spiro atoms. The minimum Gasteiger partial charge on any atom is -0.341 e. The van der Waals surface area contributed by atoms with Crippen LogP contribution in [0.5, 0.6) is 0 Å². The van der Waals surface area contributed by atoms with Crippen molar-refractivity contribution in [1.82, 2.24) is 10.2 Å². The summed E-state index contributed by atoms with van der Waals surface area (Å²) in [7, 11) is 0. The van der Waals surface area contributed by atoms with E-state index in [1.807, 2.05) is 11.8 Å². The number of carbonyl (C=O) groups is 2. The molecule has 2 amide bonds. The lowest BCUT2D eigenvalue weighted by atomic mass is 9.96. The Hall–Kier alpha value is -1.32. The van der Waals surface area contributed by atoms with Gasteiger partial charge in [0.15, 0.2) is 0 Å².